The van der Waals surface area contributed by atoms with Gasteiger partial charge in [-0.05, 0) is 55.4 Å². The number of pyridine rings is 2. The Bertz CT molecular complexity index is 1400. The lowest BCUT2D eigenvalue weighted by Crippen LogP contribution is -2.43. The lowest BCUT2D eigenvalue weighted by molar-refractivity contribution is -0.184. The number of hydrogen-bond donors (Lipinski definition) is 1. The molecule has 1 aliphatic carbocycles. The lowest BCUT2D eigenvalue weighted by atomic mass is 10.0. The summed E-state index contributed by atoms with van der Waals surface area (Å²) in [6.45, 7) is 2.27. The minimum Gasteiger partial charge on any atom is -0.324 e. The molecule has 2 aliphatic rings. The first-order valence-corrected chi connectivity index (χ1v) is 11.5. The van der Waals surface area contributed by atoms with Crippen LogP contribution in [0.5, 0.6) is 0 Å². The third kappa shape index (κ3) is 4.77. The molecule has 1 aliphatic heterocycles. The van der Waals surface area contributed by atoms with Crippen LogP contribution in [0.25, 0.3) is 28.1 Å². The number of rotatable bonds is 4. The molecule has 0 amide bonds. The van der Waals surface area contributed by atoms with Crippen LogP contribution < -0.4 is 5.73 Å². The van der Waals surface area contributed by atoms with Gasteiger partial charge < -0.3 is 5.73 Å². The van der Waals surface area contributed by atoms with Gasteiger partial charge in [-0.2, -0.15) is 13.2 Å². The van der Waals surface area contributed by atoms with Crippen molar-refractivity contribution in [3.05, 3.63) is 59.8 Å². The van der Waals surface area contributed by atoms with E-state index in [1.54, 1.807) is 17.4 Å². The summed E-state index contributed by atoms with van der Waals surface area (Å²) in [7, 11) is 0. The SMILES string of the molecule is C[C@]1(N)CCN([C@@H](c2ccc3nnc(-c4ccc5cccc(C6CC6)c5n4)n3c2)C(F)(F)F)C1.Cl.Cl. The first kappa shape index (κ1) is 26.6. The Morgan fingerprint density at radius 3 is 2.50 bits per heavy atom. The molecule has 0 bridgehead atoms. The monoisotopic (exact) mass is 538 g/mol. The zero-order valence-corrected chi connectivity index (χ0v) is 21.2. The van der Waals surface area contributed by atoms with E-state index in [1.165, 1.54) is 22.7 Å². The number of likely N-dealkylation sites (tertiary alicyclic amines) is 1. The summed E-state index contributed by atoms with van der Waals surface area (Å²) in [5.74, 6) is 0.949. The average Bonchev–Trinajstić information content (AvgIpc) is 3.45. The van der Waals surface area contributed by atoms with Crippen LogP contribution in [0.1, 0.15) is 49.3 Å². The Balaban J connectivity index is 0.00000152. The van der Waals surface area contributed by atoms with E-state index in [-0.39, 0.29) is 36.9 Å². The Kier molecular flexibility index (Phi) is 6.98. The van der Waals surface area contributed by atoms with Gasteiger partial charge in [-0.3, -0.25) is 9.30 Å². The van der Waals surface area contributed by atoms with Crippen LogP contribution in [0.15, 0.2) is 48.7 Å². The van der Waals surface area contributed by atoms with E-state index >= 15 is 0 Å². The molecule has 0 unspecified atom stereocenters. The quantitative estimate of drug-likeness (QED) is 0.361. The van der Waals surface area contributed by atoms with Gasteiger partial charge >= 0.3 is 6.18 Å². The first-order valence-electron chi connectivity index (χ1n) is 11.5. The van der Waals surface area contributed by atoms with Crippen LogP contribution >= 0.6 is 24.8 Å². The summed E-state index contributed by atoms with van der Waals surface area (Å²) in [4.78, 5) is 6.29. The predicted molar refractivity (Wildman–Crippen MR) is 138 cm³/mol. The number of nitrogens with zero attached hydrogens (tertiary/aromatic N) is 5. The molecule has 192 valence electrons. The van der Waals surface area contributed by atoms with Crippen molar-refractivity contribution < 1.29 is 13.2 Å². The lowest BCUT2D eigenvalue weighted by Gasteiger charge is -2.31. The van der Waals surface area contributed by atoms with Gasteiger partial charge in [0, 0.05) is 30.2 Å². The molecule has 4 aromatic rings. The van der Waals surface area contributed by atoms with Gasteiger partial charge in [0.1, 0.15) is 11.7 Å². The van der Waals surface area contributed by atoms with Crippen molar-refractivity contribution >= 4 is 41.4 Å². The minimum absolute atomic E-state index is 0. The zero-order valence-electron chi connectivity index (χ0n) is 19.6. The summed E-state index contributed by atoms with van der Waals surface area (Å²) in [6.07, 6.45) is -0.126. The summed E-state index contributed by atoms with van der Waals surface area (Å²) in [5, 5.41) is 9.51. The molecule has 1 aromatic carbocycles. The van der Waals surface area contributed by atoms with Crippen molar-refractivity contribution in [1.82, 2.24) is 24.5 Å². The fraction of sp³-hybridized carbons (Fsp3) is 0.400. The number of hydrogen-bond acceptors (Lipinski definition) is 5. The molecule has 3 aromatic heterocycles. The Labute approximate surface area is 218 Å². The Hall–Kier alpha value is -2.46. The average molecular weight is 539 g/mol. The van der Waals surface area contributed by atoms with E-state index < -0.39 is 17.8 Å². The molecule has 2 fully saturated rings. The normalized spacial score (nSPS) is 21.4. The van der Waals surface area contributed by atoms with Gasteiger partial charge in [0.15, 0.2) is 11.5 Å². The fourth-order valence-electron chi connectivity index (χ4n) is 5.11. The van der Waals surface area contributed by atoms with E-state index in [1.807, 2.05) is 24.3 Å². The van der Waals surface area contributed by atoms with Crippen molar-refractivity contribution in [2.24, 2.45) is 5.73 Å². The van der Waals surface area contributed by atoms with Crippen LogP contribution in [0.4, 0.5) is 13.2 Å². The van der Waals surface area contributed by atoms with Gasteiger partial charge in [-0.15, -0.1) is 35.0 Å². The zero-order chi connectivity index (χ0) is 23.7. The van der Waals surface area contributed by atoms with Crippen LogP contribution in [0, 0.1) is 0 Å². The molecule has 0 radical (unpaired) electrons. The van der Waals surface area contributed by atoms with Crippen LogP contribution in [0.3, 0.4) is 0 Å². The van der Waals surface area contributed by atoms with Crippen LogP contribution in [0.2, 0.25) is 0 Å². The second-order valence-corrected chi connectivity index (χ2v) is 9.92. The number of para-hydroxylation sites is 1. The summed E-state index contributed by atoms with van der Waals surface area (Å²) in [5.41, 5.74) is 8.84. The third-order valence-corrected chi connectivity index (χ3v) is 6.95. The number of nitrogens with two attached hydrogens (primary N) is 1. The largest absolute Gasteiger partial charge is 0.408 e. The molecule has 2 N–H and O–H groups in total. The fourth-order valence-corrected chi connectivity index (χ4v) is 5.11. The molecule has 1 saturated heterocycles. The van der Waals surface area contributed by atoms with Crippen LogP contribution in [-0.2, 0) is 0 Å². The molecule has 2 atom stereocenters. The summed E-state index contributed by atoms with van der Waals surface area (Å²) >= 11 is 0. The second kappa shape index (κ2) is 9.45. The predicted octanol–water partition coefficient (Wildman–Crippen LogP) is 5.69. The van der Waals surface area contributed by atoms with E-state index in [2.05, 4.69) is 16.3 Å². The highest BCUT2D eigenvalue weighted by molar-refractivity contribution is 5.86. The first-order chi connectivity index (χ1) is 16.2. The molecule has 1 saturated carbocycles. The molecule has 11 heteroatoms. The molecule has 6 nitrogen and oxygen atoms in total. The van der Waals surface area contributed by atoms with E-state index in [0.717, 1.165) is 23.7 Å². The maximum Gasteiger partial charge on any atom is 0.408 e. The van der Waals surface area contributed by atoms with Crippen molar-refractivity contribution in [2.75, 3.05) is 13.1 Å². The third-order valence-electron chi connectivity index (χ3n) is 6.95. The molecule has 6 rings (SSSR count). The van der Waals surface area contributed by atoms with Gasteiger partial charge in [0.25, 0.3) is 0 Å². The molecule has 0 spiro atoms. The summed E-state index contributed by atoms with van der Waals surface area (Å²) < 4.78 is 44.3. The Morgan fingerprint density at radius 2 is 1.83 bits per heavy atom. The number of benzene rings is 1. The van der Waals surface area contributed by atoms with Gasteiger partial charge in [0.2, 0.25) is 0 Å². The van der Waals surface area contributed by atoms with Crippen molar-refractivity contribution in [2.45, 2.75) is 49.9 Å². The molecular weight excluding hydrogens is 512 g/mol. The number of halogens is 5. The number of aromatic nitrogens is 4. The van der Waals surface area contributed by atoms with Crippen LogP contribution in [-0.4, -0.2) is 49.3 Å². The molecular formula is C25H27Cl2F3N6. The Morgan fingerprint density at radius 1 is 1.06 bits per heavy atom. The van der Waals surface area contributed by atoms with Crippen molar-refractivity contribution in [3.8, 4) is 11.5 Å². The highest BCUT2D eigenvalue weighted by atomic mass is 35.5. The second-order valence-electron chi connectivity index (χ2n) is 9.92. The topological polar surface area (TPSA) is 72.3 Å². The maximum atomic E-state index is 14.2. The molecule has 36 heavy (non-hydrogen) atoms. The summed E-state index contributed by atoms with van der Waals surface area (Å²) in [6, 6.07) is 11.3. The minimum atomic E-state index is -4.44. The van der Waals surface area contributed by atoms with E-state index in [9.17, 15) is 13.2 Å². The number of fused-ring (bicyclic) bond motifs is 2. The highest BCUT2D eigenvalue weighted by Gasteiger charge is 2.48. The number of alkyl halides is 3. The van der Waals surface area contributed by atoms with Gasteiger partial charge in [-0.1, -0.05) is 30.3 Å². The van der Waals surface area contributed by atoms with Gasteiger partial charge in [-0.25, -0.2) is 4.98 Å². The standard InChI is InChI=1S/C25H25F3N6.2ClH/c1-24(29)11-12-33(14-24)22(25(26,27)28)17-8-10-20-31-32-23(34(20)13-17)19-9-7-16-3-2-4-18(15-5-6-15)21(16)30-19;;/h2-4,7-10,13,15,22H,5-6,11-12,14,29H2,1H3;2*1H/t22-,24-;;/m0../s1. The van der Waals surface area contributed by atoms with E-state index in [4.69, 9.17) is 10.7 Å². The van der Waals surface area contributed by atoms with Gasteiger partial charge in [0.05, 0.1) is 5.52 Å². The molecule has 4 heterocycles. The highest BCUT2D eigenvalue weighted by Crippen LogP contribution is 2.43. The smallest absolute Gasteiger partial charge is 0.324 e. The van der Waals surface area contributed by atoms with Crippen molar-refractivity contribution in [3.63, 3.8) is 0 Å². The van der Waals surface area contributed by atoms with E-state index in [0.29, 0.717) is 36.0 Å². The van der Waals surface area contributed by atoms with Crippen molar-refractivity contribution in [1.29, 1.82) is 0 Å². The maximum absolute atomic E-state index is 14.2.